The fourth-order valence-electron chi connectivity index (χ4n) is 1.68. The van der Waals surface area contributed by atoms with Crippen molar-refractivity contribution in [3.05, 3.63) is 28.3 Å². The van der Waals surface area contributed by atoms with Crippen LogP contribution in [0.4, 0.5) is 0 Å². The summed E-state index contributed by atoms with van der Waals surface area (Å²) in [5.41, 5.74) is 1.04. The van der Waals surface area contributed by atoms with Crippen LogP contribution in [0.15, 0.2) is 6.07 Å². The molecule has 5 nitrogen and oxygen atoms in total. The fourth-order valence-corrected chi connectivity index (χ4v) is 1.68. The number of ether oxygens (including phenoxy) is 1. The Morgan fingerprint density at radius 2 is 2.18 bits per heavy atom. The second-order valence-corrected chi connectivity index (χ2v) is 3.63. The highest BCUT2D eigenvalue weighted by Gasteiger charge is 2.18. The van der Waals surface area contributed by atoms with Crippen LogP contribution in [0.2, 0.25) is 0 Å². The summed E-state index contributed by atoms with van der Waals surface area (Å²) in [6, 6.07) is 1.18. The molecular weight excluding hydrogens is 224 g/mol. The molecule has 5 heteroatoms. The van der Waals surface area contributed by atoms with E-state index in [-0.39, 0.29) is 16.9 Å². The molecule has 0 radical (unpaired) electrons. The van der Waals surface area contributed by atoms with Crippen LogP contribution in [0.25, 0.3) is 0 Å². The quantitative estimate of drug-likeness (QED) is 0.757. The number of hydrogen-bond donors (Lipinski definition) is 2. The normalized spacial score (nSPS) is 10.2. The third-order valence-electron chi connectivity index (χ3n) is 2.62. The van der Waals surface area contributed by atoms with E-state index in [1.165, 1.54) is 13.2 Å². The van der Waals surface area contributed by atoms with Crippen molar-refractivity contribution < 1.29 is 24.5 Å². The number of aromatic hydroxyl groups is 1. The summed E-state index contributed by atoms with van der Waals surface area (Å²) in [5.74, 6) is -1.55. The molecule has 0 aliphatic carbocycles. The molecule has 0 atom stereocenters. The summed E-state index contributed by atoms with van der Waals surface area (Å²) >= 11 is 0. The molecule has 0 heterocycles. The van der Waals surface area contributed by atoms with Crippen molar-refractivity contribution in [2.75, 3.05) is 13.7 Å². The number of aromatic carboxylic acids is 1. The molecule has 0 fully saturated rings. The van der Waals surface area contributed by atoms with Crippen LogP contribution in [-0.4, -0.2) is 36.2 Å². The topological polar surface area (TPSA) is 83.8 Å². The van der Waals surface area contributed by atoms with E-state index < -0.39 is 5.97 Å². The van der Waals surface area contributed by atoms with Crippen molar-refractivity contribution in [1.82, 2.24) is 0 Å². The maximum atomic E-state index is 10.9. The predicted octanol–water partition coefficient (Wildman–Crippen LogP) is 1.40. The third kappa shape index (κ3) is 2.62. The average Bonchev–Trinajstić information content (AvgIpc) is 2.30. The molecule has 0 amide bonds. The number of carboxylic acids is 1. The molecule has 2 N–H and O–H groups in total. The first kappa shape index (κ1) is 13.2. The van der Waals surface area contributed by atoms with Crippen LogP contribution >= 0.6 is 0 Å². The molecule has 0 unspecified atom stereocenters. The Morgan fingerprint density at radius 1 is 1.53 bits per heavy atom. The number of carbonyl (C=O) groups is 2. The molecular formula is C12H14O5. The van der Waals surface area contributed by atoms with Gasteiger partial charge in [0.2, 0.25) is 0 Å². The molecule has 0 aliphatic heterocycles. The standard InChI is InChI=1S/C12H14O5/c1-7-9(3-4-17-2)8(6-13)5-10(11(7)14)12(15)16/h5-6,14H,3-4H2,1-2H3,(H,15,16). The van der Waals surface area contributed by atoms with Crippen molar-refractivity contribution in [2.45, 2.75) is 13.3 Å². The van der Waals surface area contributed by atoms with Crippen LogP contribution in [-0.2, 0) is 11.2 Å². The molecule has 1 aromatic rings. The summed E-state index contributed by atoms with van der Waals surface area (Å²) in [6.45, 7) is 1.98. The van der Waals surface area contributed by atoms with Crippen LogP contribution in [0, 0.1) is 6.92 Å². The van der Waals surface area contributed by atoms with Gasteiger partial charge in [-0.15, -0.1) is 0 Å². The molecule has 0 aromatic heterocycles. The van der Waals surface area contributed by atoms with Gasteiger partial charge in [0.1, 0.15) is 17.6 Å². The lowest BCUT2D eigenvalue weighted by atomic mass is 9.95. The molecule has 92 valence electrons. The van der Waals surface area contributed by atoms with E-state index in [2.05, 4.69) is 0 Å². The highest BCUT2D eigenvalue weighted by molar-refractivity contribution is 5.94. The second kappa shape index (κ2) is 5.45. The Bertz CT molecular complexity index is 451. The number of methoxy groups -OCH3 is 1. The number of carbonyl (C=O) groups excluding carboxylic acids is 1. The van der Waals surface area contributed by atoms with Gasteiger partial charge in [-0.05, 0) is 30.5 Å². The van der Waals surface area contributed by atoms with Crippen LogP contribution in [0.3, 0.4) is 0 Å². The Balaban J connectivity index is 3.35. The van der Waals surface area contributed by atoms with Gasteiger partial charge in [0.05, 0.1) is 6.61 Å². The van der Waals surface area contributed by atoms with Gasteiger partial charge in [0, 0.05) is 12.7 Å². The van der Waals surface area contributed by atoms with Gasteiger partial charge >= 0.3 is 5.97 Å². The summed E-state index contributed by atoms with van der Waals surface area (Å²) in [5, 5.41) is 18.6. The first-order valence-corrected chi connectivity index (χ1v) is 5.05. The van der Waals surface area contributed by atoms with Crippen LogP contribution < -0.4 is 0 Å². The Hall–Kier alpha value is -1.88. The third-order valence-corrected chi connectivity index (χ3v) is 2.62. The molecule has 0 spiro atoms. The van der Waals surface area contributed by atoms with Gasteiger partial charge in [-0.2, -0.15) is 0 Å². The van der Waals surface area contributed by atoms with Gasteiger partial charge in [-0.1, -0.05) is 0 Å². The fraction of sp³-hybridized carbons (Fsp3) is 0.333. The lowest BCUT2D eigenvalue weighted by Gasteiger charge is -2.12. The van der Waals surface area contributed by atoms with Crippen molar-refractivity contribution in [2.24, 2.45) is 0 Å². The molecule has 1 aromatic carbocycles. The molecule has 1 rings (SSSR count). The smallest absolute Gasteiger partial charge is 0.339 e. The number of phenols is 1. The number of rotatable bonds is 5. The minimum absolute atomic E-state index is 0.259. The highest BCUT2D eigenvalue weighted by atomic mass is 16.5. The van der Waals surface area contributed by atoms with Gasteiger partial charge in [-0.3, -0.25) is 4.79 Å². The van der Waals surface area contributed by atoms with Crippen molar-refractivity contribution >= 4 is 12.3 Å². The largest absolute Gasteiger partial charge is 0.507 e. The predicted molar refractivity (Wildman–Crippen MR) is 60.8 cm³/mol. The van der Waals surface area contributed by atoms with E-state index in [0.717, 1.165) is 0 Å². The summed E-state index contributed by atoms with van der Waals surface area (Å²) in [7, 11) is 1.53. The van der Waals surface area contributed by atoms with Crippen molar-refractivity contribution in [3.8, 4) is 5.75 Å². The second-order valence-electron chi connectivity index (χ2n) is 3.63. The minimum atomic E-state index is -1.26. The van der Waals surface area contributed by atoms with E-state index in [1.54, 1.807) is 6.92 Å². The first-order valence-electron chi connectivity index (χ1n) is 5.05. The van der Waals surface area contributed by atoms with Gasteiger partial charge in [0.25, 0.3) is 0 Å². The van der Waals surface area contributed by atoms with E-state index in [1.807, 2.05) is 0 Å². The zero-order chi connectivity index (χ0) is 13.0. The number of hydrogen-bond acceptors (Lipinski definition) is 4. The number of aldehydes is 1. The van der Waals surface area contributed by atoms with Gasteiger partial charge < -0.3 is 14.9 Å². The number of carboxylic acid groups (broad SMARTS) is 1. The van der Waals surface area contributed by atoms with Gasteiger partial charge in [0.15, 0.2) is 0 Å². The average molecular weight is 238 g/mol. The Morgan fingerprint density at radius 3 is 2.65 bits per heavy atom. The minimum Gasteiger partial charge on any atom is -0.507 e. The summed E-state index contributed by atoms with van der Waals surface area (Å²) in [6.07, 6.45) is 1.04. The van der Waals surface area contributed by atoms with Crippen LogP contribution in [0.1, 0.15) is 31.8 Å². The molecule has 0 saturated heterocycles. The first-order chi connectivity index (χ1) is 8.02. The molecule has 0 saturated carbocycles. The van der Waals surface area contributed by atoms with Gasteiger partial charge in [-0.25, -0.2) is 4.79 Å². The monoisotopic (exact) mass is 238 g/mol. The molecule has 17 heavy (non-hydrogen) atoms. The summed E-state index contributed by atoms with van der Waals surface area (Å²) in [4.78, 5) is 21.8. The van der Waals surface area contributed by atoms with Crippen molar-refractivity contribution in [1.29, 1.82) is 0 Å². The van der Waals surface area contributed by atoms with Crippen molar-refractivity contribution in [3.63, 3.8) is 0 Å². The van der Waals surface area contributed by atoms with E-state index in [9.17, 15) is 14.7 Å². The zero-order valence-corrected chi connectivity index (χ0v) is 9.69. The summed E-state index contributed by atoms with van der Waals surface area (Å²) < 4.78 is 4.90. The van der Waals surface area contributed by atoms with E-state index >= 15 is 0 Å². The van der Waals surface area contributed by atoms with E-state index in [4.69, 9.17) is 9.84 Å². The lowest BCUT2D eigenvalue weighted by molar-refractivity contribution is 0.0693. The highest BCUT2D eigenvalue weighted by Crippen LogP contribution is 2.28. The molecule has 0 aliphatic rings. The van der Waals surface area contributed by atoms with E-state index in [0.29, 0.717) is 30.4 Å². The zero-order valence-electron chi connectivity index (χ0n) is 9.69. The lowest BCUT2D eigenvalue weighted by Crippen LogP contribution is -2.06. The maximum absolute atomic E-state index is 10.9. The van der Waals surface area contributed by atoms with Crippen LogP contribution in [0.5, 0.6) is 5.75 Å². The molecule has 0 bridgehead atoms. The number of benzene rings is 1. The SMILES string of the molecule is COCCc1c(C=O)cc(C(=O)O)c(O)c1C. The Kier molecular flexibility index (Phi) is 4.23. The Labute approximate surface area is 98.6 Å². The maximum Gasteiger partial charge on any atom is 0.339 e.